The zero-order valence-electron chi connectivity index (χ0n) is 8.85. The highest BCUT2D eigenvalue weighted by molar-refractivity contribution is 9.11. The van der Waals surface area contributed by atoms with Crippen LogP contribution < -0.4 is 0 Å². The van der Waals surface area contributed by atoms with Gasteiger partial charge in [-0.2, -0.15) is 0 Å². The Hall–Kier alpha value is -0.880. The van der Waals surface area contributed by atoms with Crippen LogP contribution in [0, 0.1) is 13.8 Å². The molecule has 6 heteroatoms. The van der Waals surface area contributed by atoms with E-state index in [2.05, 4.69) is 51.8 Å². The lowest BCUT2D eigenvalue weighted by Gasteiger charge is -1.93. The Morgan fingerprint density at radius 3 is 1.84 bits per heavy atom. The van der Waals surface area contributed by atoms with Crippen molar-refractivity contribution in [2.75, 3.05) is 0 Å². The van der Waals surface area contributed by atoms with Crippen molar-refractivity contribution >= 4 is 31.9 Å². The normalized spacial score (nSPS) is 7.79. The highest BCUT2D eigenvalue weighted by Gasteiger charge is 1.95. The van der Waals surface area contributed by atoms with E-state index in [9.17, 15) is 0 Å². The van der Waals surface area contributed by atoms with Crippen LogP contribution in [0.2, 0.25) is 0 Å². The fraction of sp³-hybridized carbons (Fsp3) is 0.385. The minimum absolute atomic E-state index is 0. The van der Waals surface area contributed by atoms with Gasteiger partial charge in [-0.15, -0.1) is 0 Å². The van der Waals surface area contributed by atoms with Gasteiger partial charge in [-0.25, -0.2) is 4.98 Å². The molecule has 0 aliphatic heterocycles. The lowest BCUT2D eigenvalue weighted by molar-refractivity contribution is 1.06. The fourth-order valence-electron chi connectivity index (χ4n) is 0.781. The number of halogens is 2. The molecule has 2 heterocycles. The Balaban J connectivity index is -0.000000237. The zero-order valence-corrected chi connectivity index (χ0v) is 12.0. The summed E-state index contributed by atoms with van der Waals surface area (Å²) in [6.07, 6.45) is 6.72. The van der Waals surface area contributed by atoms with Gasteiger partial charge in [0.15, 0.2) is 0 Å². The van der Waals surface area contributed by atoms with Gasteiger partial charge < -0.3 is 0 Å². The van der Waals surface area contributed by atoms with Gasteiger partial charge in [0.25, 0.3) is 0 Å². The molecule has 0 aliphatic carbocycles. The van der Waals surface area contributed by atoms with Crippen LogP contribution in [0.4, 0.5) is 0 Å². The largest absolute Gasteiger partial charge is 0.261 e. The molecule has 0 atom stereocenters. The molecule has 0 bridgehead atoms. The molecule has 0 spiro atoms. The third-order valence-corrected chi connectivity index (χ3v) is 2.69. The van der Waals surface area contributed by atoms with Crippen LogP contribution in [0.5, 0.6) is 0 Å². The summed E-state index contributed by atoms with van der Waals surface area (Å²) in [4.78, 5) is 15.8. The minimum atomic E-state index is 0. The number of hydrogen-bond donors (Lipinski definition) is 0. The van der Waals surface area contributed by atoms with Crippen molar-refractivity contribution in [2.24, 2.45) is 0 Å². The zero-order chi connectivity index (χ0) is 12.0. The van der Waals surface area contributed by atoms with Crippen molar-refractivity contribution in [1.29, 1.82) is 0 Å². The summed E-state index contributed by atoms with van der Waals surface area (Å²) in [6.45, 7) is 3.80. The maximum absolute atomic E-state index is 4.04. The monoisotopic (exact) mass is 392 g/mol. The quantitative estimate of drug-likeness (QED) is 0.631. The predicted molar refractivity (Wildman–Crippen MR) is 89.1 cm³/mol. The molecule has 19 heavy (non-hydrogen) atoms. The van der Waals surface area contributed by atoms with Crippen molar-refractivity contribution in [3.63, 3.8) is 0 Å². The highest BCUT2D eigenvalue weighted by Crippen LogP contribution is 2.12. The summed E-state index contributed by atoms with van der Waals surface area (Å²) in [7, 11) is 0. The molecule has 0 amide bonds. The Bertz CT molecular complexity index is 450. The Labute approximate surface area is 133 Å². The third kappa shape index (κ3) is 9.67. The summed E-state index contributed by atoms with van der Waals surface area (Å²) in [6, 6.07) is 0. The van der Waals surface area contributed by atoms with Crippen LogP contribution in [0.3, 0.4) is 0 Å². The molecule has 108 valence electrons. The Kier molecular flexibility index (Phi) is 14.9. The molecule has 2 aromatic heterocycles. The van der Waals surface area contributed by atoms with Crippen LogP contribution in [-0.4, -0.2) is 19.9 Å². The molecule has 2 rings (SSSR count). The van der Waals surface area contributed by atoms with Gasteiger partial charge in [0.1, 0.15) is 9.21 Å². The van der Waals surface area contributed by atoms with Crippen molar-refractivity contribution in [3.05, 3.63) is 45.4 Å². The van der Waals surface area contributed by atoms with Crippen LogP contribution >= 0.6 is 31.9 Å². The van der Waals surface area contributed by atoms with Gasteiger partial charge in [0, 0.05) is 18.6 Å². The molecule has 2 aromatic rings. The highest BCUT2D eigenvalue weighted by atomic mass is 79.9. The van der Waals surface area contributed by atoms with Crippen molar-refractivity contribution in [3.8, 4) is 0 Å². The standard InChI is InChI=1S/C5H4Br2N2.C5H6N2.3CH4/c1-3-5(7)9-4(6)2-8-3;1-5-4-6-2-3-7-5;;;/h2H,1H3;2-4H,1H3;3*1H4. The van der Waals surface area contributed by atoms with Gasteiger partial charge in [-0.05, 0) is 45.7 Å². The van der Waals surface area contributed by atoms with Gasteiger partial charge in [-0.1, -0.05) is 22.3 Å². The van der Waals surface area contributed by atoms with E-state index in [1.54, 1.807) is 24.8 Å². The number of hydrogen-bond acceptors (Lipinski definition) is 4. The maximum Gasteiger partial charge on any atom is 0.128 e. The molecule has 0 unspecified atom stereocenters. The molecule has 0 aromatic carbocycles. The van der Waals surface area contributed by atoms with Crippen molar-refractivity contribution in [2.45, 2.75) is 36.1 Å². The van der Waals surface area contributed by atoms with Gasteiger partial charge in [0.05, 0.1) is 17.6 Å². The van der Waals surface area contributed by atoms with E-state index in [-0.39, 0.29) is 22.3 Å². The predicted octanol–water partition coefficient (Wildman–Crippen LogP) is 5.00. The van der Waals surface area contributed by atoms with E-state index in [4.69, 9.17) is 0 Å². The maximum atomic E-state index is 4.04. The van der Waals surface area contributed by atoms with Crippen molar-refractivity contribution in [1.82, 2.24) is 19.9 Å². The molecular weight excluding hydrogens is 372 g/mol. The van der Waals surface area contributed by atoms with E-state index in [1.807, 2.05) is 13.8 Å². The second-order valence-corrected chi connectivity index (χ2v) is 4.48. The van der Waals surface area contributed by atoms with E-state index in [1.165, 1.54) is 0 Å². The average Bonchev–Trinajstić information content (AvgIpc) is 2.26. The molecule has 0 radical (unpaired) electrons. The Morgan fingerprint density at radius 1 is 0.895 bits per heavy atom. The lowest BCUT2D eigenvalue weighted by atomic mass is 10.5. The summed E-state index contributed by atoms with van der Waals surface area (Å²) >= 11 is 6.44. The lowest BCUT2D eigenvalue weighted by Crippen LogP contribution is -1.85. The summed E-state index contributed by atoms with van der Waals surface area (Å²) < 4.78 is 1.54. The van der Waals surface area contributed by atoms with Gasteiger partial charge >= 0.3 is 0 Å². The summed E-state index contributed by atoms with van der Waals surface area (Å²) in [5, 5.41) is 0. The average molecular weight is 394 g/mol. The smallest absolute Gasteiger partial charge is 0.128 e. The number of nitrogens with zero attached hydrogens (tertiary/aromatic N) is 4. The third-order valence-electron chi connectivity index (χ3n) is 1.56. The molecule has 0 fully saturated rings. The SMILES string of the molecule is C.C.C.Cc1cnccn1.Cc1ncc(Br)nc1Br. The van der Waals surface area contributed by atoms with Crippen LogP contribution in [0.25, 0.3) is 0 Å². The fourth-order valence-corrected chi connectivity index (χ4v) is 1.59. The molecule has 0 saturated carbocycles. The first-order valence-corrected chi connectivity index (χ1v) is 6.05. The van der Waals surface area contributed by atoms with Crippen LogP contribution in [-0.2, 0) is 0 Å². The van der Waals surface area contributed by atoms with E-state index >= 15 is 0 Å². The van der Waals surface area contributed by atoms with E-state index in [0.29, 0.717) is 0 Å². The molecule has 4 nitrogen and oxygen atoms in total. The summed E-state index contributed by atoms with van der Waals surface area (Å²) in [5.74, 6) is 0. The number of rotatable bonds is 0. The first kappa shape index (κ1) is 23.2. The molecule has 0 aliphatic rings. The minimum Gasteiger partial charge on any atom is -0.261 e. The summed E-state index contributed by atoms with van der Waals surface area (Å²) in [5.41, 5.74) is 1.86. The first-order valence-electron chi connectivity index (χ1n) is 4.47. The van der Waals surface area contributed by atoms with Crippen molar-refractivity contribution < 1.29 is 0 Å². The topological polar surface area (TPSA) is 51.6 Å². The van der Waals surface area contributed by atoms with E-state index < -0.39 is 0 Å². The van der Waals surface area contributed by atoms with Gasteiger partial charge in [0.2, 0.25) is 0 Å². The van der Waals surface area contributed by atoms with Crippen LogP contribution in [0.15, 0.2) is 34.0 Å². The Morgan fingerprint density at radius 2 is 1.53 bits per heavy atom. The molecule has 0 N–H and O–H groups in total. The second kappa shape index (κ2) is 12.2. The molecular formula is C13H22Br2N4. The molecule has 0 saturated heterocycles. The van der Waals surface area contributed by atoms with Crippen LogP contribution in [0.1, 0.15) is 33.7 Å². The van der Waals surface area contributed by atoms with E-state index in [0.717, 1.165) is 20.6 Å². The van der Waals surface area contributed by atoms with Gasteiger partial charge in [-0.3, -0.25) is 15.0 Å². The second-order valence-electron chi connectivity index (χ2n) is 2.92. The first-order chi connectivity index (χ1) is 7.59. The number of aryl methyl sites for hydroxylation is 2. The number of aromatic nitrogens is 4.